The van der Waals surface area contributed by atoms with E-state index in [9.17, 15) is 17.6 Å². The Balaban J connectivity index is 1.88. The Labute approximate surface area is 156 Å². The van der Waals surface area contributed by atoms with Crippen LogP contribution in [0.25, 0.3) is 5.57 Å². The highest BCUT2D eigenvalue weighted by atomic mass is 19.4. The van der Waals surface area contributed by atoms with Crippen molar-refractivity contribution in [2.24, 2.45) is 0 Å². The zero-order valence-corrected chi connectivity index (χ0v) is 15.2. The van der Waals surface area contributed by atoms with Gasteiger partial charge in [0, 0.05) is 13.1 Å². The molecule has 2 aromatic carbocycles. The maximum absolute atomic E-state index is 14.1. The van der Waals surface area contributed by atoms with Crippen LogP contribution in [0.5, 0.6) is 0 Å². The molecule has 0 amide bonds. The van der Waals surface area contributed by atoms with E-state index in [-0.39, 0.29) is 18.9 Å². The minimum absolute atomic E-state index is 0.0474. The van der Waals surface area contributed by atoms with Gasteiger partial charge in [0.1, 0.15) is 5.82 Å². The van der Waals surface area contributed by atoms with Crippen molar-refractivity contribution in [1.29, 1.82) is 0 Å². The Bertz CT molecular complexity index is 901. The molecule has 0 aromatic heterocycles. The summed E-state index contributed by atoms with van der Waals surface area (Å²) in [5.41, 5.74) is 7.22. The first-order valence-corrected chi connectivity index (χ1v) is 9.26. The smallest absolute Gasteiger partial charge is 0.214 e. The first kappa shape index (κ1) is 18.2. The number of piperidine rings is 1. The third kappa shape index (κ3) is 3.41. The van der Waals surface area contributed by atoms with Crippen LogP contribution in [0.4, 0.5) is 17.6 Å². The van der Waals surface area contributed by atoms with Gasteiger partial charge >= 0.3 is 6.30 Å². The van der Waals surface area contributed by atoms with Crippen molar-refractivity contribution in [3.05, 3.63) is 75.6 Å². The SMILES string of the molecule is Cc1cccc2c1C(=C1CCN(C(F)(F)F)CC1)c1cc(F)ccc1CC2. The van der Waals surface area contributed by atoms with E-state index < -0.39 is 6.30 Å². The Kier molecular flexibility index (Phi) is 4.58. The molecular weight excluding hydrogens is 354 g/mol. The minimum Gasteiger partial charge on any atom is -0.214 e. The number of rotatable bonds is 0. The van der Waals surface area contributed by atoms with Gasteiger partial charge in [0.25, 0.3) is 0 Å². The molecule has 5 heteroatoms. The maximum Gasteiger partial charge on any atom is 0.459 e. The predicted molar refractivity (Wildman–Crippen MR) is 97.9 cm³/mol. The fourth-order valence-corrected chi connectivity index (χ4v) is 4.35. The molecule has 0 saturated carbocycles. The number of aryl methyl sites for hydroxylation is 3. The van der Waals surface area contributed by atoms with Gasteiger partial charge in [0.2, 0.25) is 0 Å². The third-order valence-corrected chi connectivity index (χ3v) is 5.69. The molecule has 4 rings (SSSR count). The van der Waals surface area contributed by atoms with Crippen LogP contribution in [0.15, 0.2) is 42.0 Å². The number of nitrogens with zero attached hydrogens (tertiary/aromatic N) is 1. The Morgan fingerprint density at radius 2 is 1.59 bits per heavy atom. The zero-order chi connectivity index (χ0) is 19.2. The molecule has 0 N–H and O–H groups in total. The van der Waals surface area contributed by atoms with Crippen molar-refractivity contribution in [2.75, 3.05) is 13.1 Å². The number of hydrogen-bond acceptors (Lipinski definition) is 1. The van der Waals surface area contributed by atoms with E-state index in [1.54, 1.807) is 6.07 Å². The van der Waals surface area contributed by atoms with Crippen molar-refractivity contribution < 1.29 is 17.6 Å². The first-order chi connectivity index (χ1) is 12.8. The molecule has 0 atom stereocenters. The molecule has 1 fully saturated rings. The fourth-order valence-electron chi connectivity index (χ4n) is 4.35. The van der Waals surface area contributed by atoms with Gasteiger partial charge in [-0.2, -0.15) is 13.2 Å². The molecule has 2 aliphatic rings. The van der Waals surface area contributed by atoms with Gasteiger partial charge in [-0.05, 0) is 78.1 Å². The second kappa shape index (κ2) is 6.79. The lowest BCUT2D eigenvalue weighted by Crippen LogP contribution is -2.42. The standard InChI is InChI=1S/C22H21F4N/c1-14-3-2-4-16-6-5-15-7-8-18(23)13-19(15)21(20(14)16)17-9-11-27(12-10-17)22(24,25)26/h2-4,7-8,13H,5-6,9-12H2,1H3. The second-order valence-corrected chi connectivity index (χ2v) is 7.34. The van der Waals surface area contributed by atoms with Crippen LogP contribution in [-0.4, -0.2) is 24.3 Å². The number of halogens is 4. The van der Waals surface area contributed by atoms with Crippen molar-refractivity contribution in [1.82, 2.24) is 4.90 Å². The van der Waals surface area contributed by atoms with E-state index in [2.05, 4.69) is 6.07 Å². The monoisotopic (exact) mass is 375 g/mol. The highest BCUT2D eigenvalue weighted by Gasteiger charge is 2.39. The van der Waals surface area contributed by atoms with Crippen molar-refractivity contribution in [3.63, 3.8) is 0 Å². The maximum atomic E-state index is 14.1. The van der Waals surface area contributed by atoms with E-state index in [0.29, 0.717) is 17.7 Å². The molecule has 2 aromatic rings. The van der Waals surface area contributed by atoms with Gasteiger partial charge in [-0.25, -0.2) is 9.29 Å². The molecule has 0 radical (unpaired) electrons. The van der Waals surface area contributed by atoms with Gasteiger partial charge in [-0.1, -0.05) is 29.8 Å². The Morgan fingerprint density at radius 3 is 2.30 bits per heavy atom. The Hall–Kier alpha value is -2.14. The van der Waals surface area contributed by atoms with E-state index in [0.717, 1.165) is 46.2 Å². The number of likely N-dealkylation sites (tertiary alicyclic amines) is 1. The highest BCUT2D eigenvalue weighted by molar-refractivity contribution is 5.87. The fraction of sp³-hybridized carbons (Fsp3) is 0.364. The molecule has 1 aliphatic heterocycles. The average molecular weight is 375 g/mol. The van der Waals surface area contributed by atoms with E-state index >= 15 is 0 Å². The van der Waals surface area contributed by atoms with Gasteiger partial charge in [-0.3, -0.25) is 0 Å². The molecule has 142 valence electrons. The number of hydrogen-bond donors (Lipinski definition) is 0. The summed E-state index contributed by atoms with van der Waals surface area (Å²) in [5.74, 6) is -0.309. The van der Waals surface area contributed by atoms with Gasteiger partial charge in [0.15, 0.2) is 0 Å². The molecular formula is C22H21F4N. The lowest BCUT2D eigenvalue weighted by molar-refractivity contribution is -0.247. The van der Waals surface area contributed by atoms with Crippen LogP contribution >= 0.6 is 0 Å². The summed E-state index contributed by atoms with van der Waals surface area (Å²) < 4.78 is 53.2. The molecule has 1 saturated heterocycles. The summed E-state index contributed by atoms with van der Waals surface area (Å²) in [6.45, 7) is 1.93. The summed E-state index contributed by atoms with van der Waals surface area (Å²) in [4.78, 5) is 0.568. The summed E-state index contributed by atoms with van der Waals surface area (Å²) in [7, 11) is 0. The molecule has 27 heavy (non-hydrogen) atoms. The zero-order valence-electron chi connectivity index (χ0n) is 15.2. The van der Waals surface area contributed by atoms with Gasteiger partial charge in [0.05, 0.1) is 0 Å². The molecule has 0 spiro atoms. The topological polar surface area (TPSA) is 3.24 Å². The van der Waals surface area contributed by atoms with Crippen molar-refractivity contribution in [2.45, 2.75) is 38.9 Å². The molecule has 0 unspecified atom stereocenters. The highest BCUT2D eigenvalue weighted by Crippen LogP contribution is 2.41. The lowest BCUT2D eigenvalue weighted by Gasteiger charge is -2.31. The predicted octanol–water partition coefficient (Wildman–Crippen LogP) is 5.65. The van der Waals surface area contributed by atoms with E-state index in [1.807, 2.05) is 25.1 Å². The van der Waals surface area contributed by atoms with Crippen LogP contribution in [0.3, 0.4) is 0 Å². The molecule has 1 aliphatic carbocycles. The van der Waals surface area contributed by atoms with Crippen molar-refractivity contribution >= 4 is 5.57 Å². The van der Waals surface area contributed by atoms with Crippen molar-refractivity contribution in [3.8, 4) is 0 Å². The lowest BCUT2D eigenvalue weighted by atomic mass is 9.84. The van der Waals surface area contributed by atoms with E-state index in [4.69, 9.17) is 0 Å². The molecule has 1 nitrogen and oxygen atoms in total. The molecule has 0 bridgehead atoms. The third-order valence-electron chi connectivity index (χ3n) is 5.69. The van der Waals surface area contributed by atoms with E-state index in [1.165, 1.54) is 11.6 Å². The van der Waals surface area contributed by atoms with Gasteiger partial charge < -0.3 is 0 Å². The largest absolute Gasteiger partial charge is 0.459 e. The Morgan fingerprint density at radius 1 is 0.889 bits per heavy atom. The number of fused-ring (bicyclic) bond motifs is 2. The van der Waals surface area contributed by atoms with Crippen LogP contribution < -0.4 is 0 Å². The second-order valence-electron chi connectivity index (χ2n) is 7.34. The van der Waals surface area contributed by atoms with Gasteiger partial charge in [-0.15, -0.1) is 0 Å². The normalized spacial score (nSPS) is 18.1. The summed E-state index contributed by atoms with van der Waals surface area (Å²) in [5, 5.41) is 0. The summed E-state index contributed by atoms with van der Waals surface area (Å²) in [6, 6.07) is 11.0. The summed E-state index contributed by atoms with van der Waals surface area (Å²) in [6.07, 6.45) is -1.95. The summed E-state index contributed by atoms with van der Waals surface area (Å²) >= 11 is 0. The van der Waals surface area contributed by atoms with Crippen LogP contribution in [0, 0.1) is 12.7 Å². The quantitative estimate of drug-likeness (QED) is 0.425. The molecule has 1 heterocycles. The number of alkyl halides is 3. The average Bonchev–Trinajstić information content (AvgIpc) is 2.78. The minimum atomic E-state index is -4.29. The van der Waals surface area contributed by atoms with Crippen LogP contribution in [0.2, 0.25) is 0 Å². The van der Waals surface area contributed by atoms with Crippen LogP contribution in [0.1, 0.15) is 40.7 Å². The number of benzene rings is 2. The van der Waals surface area contributed by atoms with Crippen LogP contribution in [-0.2, 0) is 12.8 Å². The first-order valence-electron chi connectivity index (χ1n) is 9.26.